The molecule has 0 fully saturated rings. The van der Waals surface area contributed by atoms with Crippen LogP contribution in [0.5, 0.6) is 0 Å². The van der Waals surface area contributed by atoms with Crippen molar-refractivity contribution >= 4 is 22.6 Å². The van der Waals surface area contributed by atoms with Crippen molar-refractivity contribution < 1.29 is 0 Å². The van der Waals surface area contributed by atoms with E-state index in [0.717, 1.165) is 15.2 Å². The van der Waals surface area contributed by atoms with Gasteiger partial charge in [-0.2, -0.15) is 5.10 Å². The second-order valence-corrected chi connectivity index (χ2v) is 3.70. The largest absolute Gasteiger partial charge is 0.245 e. The van der Waals surface area contributed by atoms with Crippen LogP contribution in [0.3, 0.4) is 0 Å². The smallest absolute Gasteiger partial charge is 0.171 e. The number of hydrogen-bond acceptors (Lipinski definition) is 3. The van der Waals surface area contributed by atoms with Crippen LogP contribution in [0.4, 0.5) is 0 Å². The first-order valence-electron chi connectivity index (χ1n) is 3.76. The molecule has 0 saturated heterocycles. The average Bonchev–Trinajstić information content (AvgIpc) is 2.53. The minimum Gasteiger partial charge on any atom is -0.245 e. The van der Waals surface area contributed by atoms with Crippen LogP contribution in [-0.2, 0) is 0 Å². The van der Waals surface area contributed by atoms with Gasteiger partial charge in [-0.15, -0.1) is 0 Å². The SMILES string of the molecule is Cc1ccn(-c2cnc(I)cn2)n1. The lowest BCUT2D eigenvalue weighted by atomic mass is 10.5. The maximum absolute atomic E-state index is 4.22. The van der Waals surface area contributed by atoms with E-state index in [9.17, 15) is 0 Å². The Morgan fingerprint density at radius 2 is 2.15 bits per heavy atom. The van der Waals surface area contributed by atoms with Gasteiger partial charge < -0.3 is 0 Å². The standard InChI is InChI=1S/C8H7IN4/c1-6-2-3-13(12-6)8-5-10-7(9)4-11-8/h2-5H,1H3. The zero-order valence-corrected chi connectivity index (χ0v) is 9.13. The Balaban J connectivity index is 2.41. The fraction of sp³-hybridized carbons (Fsp3) is 0.125. The summed E-state index contributed by atoms with van der Waals surface area (Å²) in [5, 5.41) is 4.22. The number of rotatable bonds is 1. The second kappa shape index (κ2) is 3.41. The molecule has 13 heavy (non-hydrogen) atoms. The molecule has 0 aliphatic carbocycles. The monoisotopic (exact) mass is 286 g/mol. The van der Waals surface area contributed by atoms with E-state index in [2.05, 4.69) is 37.7 Å². The van der Waals surface area contributed by atoms with Gasteiger partial charge in [-0.1, -0.05) is 0 Å². The van der Waals surface area contributed by atoms with Gasteiger partial charge in [-0.05, 0) is 35.6 Å². The summed E-state index contributed by atoms with van der Waals surface area (Å²) in [7, 11) is 0. The molecular weight excluding hydrogens is 279 g/mol. The number of aryl methyl sites for hydroxylation is 1. The lowest BCUT2D eigenvalue weighted by Crippen LogP contribution is -1.99. The summed E-state index contributed by atoms with van der Waals surface area (Å²) in [5.41, 5.74) is 0.973. The summed E-state index contributed by atoms with van der Waals surface area (Å²) in [6.45, 7) is 1.94. The average molecular weight is 286 g/mol. The van der Waals surface area contributed by atoms with E-state index in [1.165, 1.54) is 0 Å². The molecule has 2 aromatic heterocycles. The molecule has 0 saturated carbocycles. The molecule has 66 valence electrons. The van der Waals surface area contributed by atoms with E-state index in [-0.39, 0.29) is 0 Å². The van der Waals surface area contributed by atoms with Gasteiger partial charge in [-0.3, -0.25) is 0 Å². The maximum atomic E-state index is 4.22. The van der Waals surface area contributed by atoms with Crippen molar-refractivity contribution in [2.75, 3.05) is 0 Å². The van der Waals surface area contributed by atoms with E-state index in [1.54, 1.807) is 17.1 Å². The summed E-state index contributed by atoms with van der Waals surface area (Å²) >= 11 is 2.12. The quantitative estimate of drug-likeness (QED) is 0.747. The normalized spacial score (nSPS) is 10.3. The van der Waals surface area contributed by atoms with Crippen LogP contribution >= 0.6 is 22.6 Å². The highest BCUT2D eigenvalue weighted by Gasteiger charge is 1.98. The Morgan fingerprint density at radius 3 is 2.69 bits per heavy atom. The van der Waals surface area contributed by atoms with Crippen LogP contribution in [0, 0.1) is 10.6 Å². The number of aromatic nitrogens is 4. The van der Waals surface area contributed by atoms with E-state index in [4.69, 9.17) is 0 Å². The maximum Gasteiger partial charge on any atom is 0.171 e. The van der Waals surface area contributed by atoms with Gasteiger partial charge in [0.2, 0.25) is 0 Å². The van der Waals surface area contributed by atoms with Crippen LogP contribution in [0.2, 0.25) is 0 Å². The first-order chi connectivity index (χ1) is 6.25. The summed E-state index contributed by atoms with van der Waals surface area (Å²) in [6, 6.07) is 1.93. The van der Waals surface area contributed by atoms with E-state index in [0.29, 0.717) is 0 Å². The van der Waals surface area contributed by atoms with Gasteiger partial charge in [-0.25, -0.2) is 14.6 Å². The number of hydrogen-bond donors (Lipinski definition) is 0. The van der Waals surface area contributed by atoms with Crippen molar-refractivity contribution in [1.29, 1.82) is 0 Å². The van der Waals surface area contributed by atoms with Crippen molar-refractivity contribution in [2.45, 2.75) is 6.92 Å². The highest BCUT2D eigenvalue weighted by Crippen LogP contribution is 2.04. The highest BCUT2D eigenvalue weighted by molar-refractivity contribution is 14.1. The Kier molecular flexibility index (Phi) is 2.26. The molecule has 0 bridgehead atoms. The Morgan fingerprint density at radius 1 is 1.31 bits per heavy atom. The first kappa shape index (κ1) is 8.61. The molecule has 0 atom stereocenters. The van der Waals surface area contributed by atoms with Gasteiger partial charge >= 0.3 is 0 Å². The molecule has 2 aromatic rings. The molecule has 0 spiro atoms. The summed E-state index contributed by atoms with van der Waals surface area (Å²) < 4.78 is 2.59. The third-order valence-electron chi connectivity index (χ3n) is 1.56. The fourth-order valence-electron chi connectivity index (χ4n) is 0.966. The lowest BCUT2D eigenvalue weighted by molar-refractivity contribution is 0.822. The second-order valence-electron chi connectivity index (χ2n) is 2.60. The Hall–Kier alpha value is -0.980. The highest BCUT2D eigenvalue weighted by atomic mass is 127. The molecule has 0 aliphatic heterocycles. The van der Waals surface area contributed by atoms with Crippen molar-refractivity contribution in [3.05, 3.63) is 34.1 Å². The van der Waals surface area contributed by atoms with Gasteiger partial charge in [0.1, 0.15) is 3.70 Å². The number of nitrogens with zero attached hydrogens (tertiary/aromatic N) is 4. The molecule has 0 radical (unpaired) electrons. The van der Waals surface area contributed by atoms with Crippen molar-refractivity contribution in [1.82, 2.24) is 19.7 Å². The third kappa shape index (κ3) is 1.85. The van der Waals surface area contributed by atoms with Gasteiger partial charge in [0, 0.05) is 6.20 Å². The zero-order chi connectivity index (χ0) is 9.26. The minimum absolute atomic E-state index is 0.744. The molecular formula is C8H7IN4. The van der Waals surface area contributed by atoms with Gasteiger partial charge in [0.05, 0.1) is 18.1 Å². The van der Waals surface area contributed by atoms with Gasteiger partial charge in [0.25, 0.3) is 0 Å². The van der Waals surface area contributed by atoms with E-state index < -0.39 is 0 Å². The minimum atomic E-state index is 0.744. The predicted octanol–water partition coefficient (Wildman–Crippen LogP) is 1.58. The summed E-state index contributed by atoms with van der Waals surface area (Å²) in [5.74, 6) is 0.744. The summed E-state index contributed by atoms with van der Waals surface area (Å²) in [4.78, 5) is 8.32. The Labute approximate surface area is 89.2 Å². The molecule has 0 aromatic carbocycles. The fourth-order valence-corrected chi connectivity index (χ4v) is 1.24. The molecule has 4 nitrogen and oxygen atoms in total. The van der Waals surface area contributed by atoms with E-state index in [1.807, 2.05) is 19.2 Å². The van der Waals surface area contributed by atoms with Crippen LogP contribution in [0.15, 0.2) is 24.7 Å². The zero-order valence-electron chi connectivity index (χ0n) is 6.98. The molecule has 0 N–H and O–H groups in total. The van der Waals surface area contributed by atoms with E-state index >= 15 is 0 Å². The molecule has 0 unspecified atom stereocenters. The molecule has 0 amide bonds. The van der Waals surface area contributed by atoms with Crippen LogP contribution < -0.4 is 0 Å². The topological polar surface area (TPSA) is 43.6 Å². The molecule has 5 heteroatoms. The summed E-state index contributed by atoms with van der Waals surface area (Å²) in [6.07, 6.45) is 5.29. The molecule has 2 heterocycles. The molecule has 0 aliphatic rings. The Bertz CT molecular complexity index is 406. The van der Waals surface area contributed by atoms with Crippen molar-refractivity contribution in [3.63, 3.8) is 0 Å². The predicted molar refractivity (Wildman–Crippen MR) is 56.6 cm³/mol. The number of halogens is 1. The first-order valence-corrected chi connectivity index (χ1v) is 4.84. The third-order valence-corrected chi connectivity index (χ3v) is 2.12. The van der Waals surface area contributed by atoms with Crippen LogP contribution in [0.25, 0.3) is 5.82 Å². The van der Waals surface area contributed by atoms with Gasteiger partial charge in [0.15, 0.2) is 5.82 Å². The lowest BCUT2D eigenvalue weighted by Gasteiger charge is -1.97. The molecule has 2 rings (SSSR count). The van der Waals surface area contributed by atoms with Crippen molar-refractivity contribution in [2.24, 2.45) is 0 Å². The van der Waals surface area contributed by atoms with Crippen LogP contribution in [0.1, 0.15) is 5.69 Å². The van der Waals surface area contributed by atoms with Crippen molar-refractivity contribution in [3.8, 4) is 5.82 Å². The van der Waals surface area contributed by atoms with Crippen LogP contribution in [-0.4, -0.2) is 19.7 Å².